The molecule has 1 atom stereocenters. The summed E-state index contributed by atoms with van der Waals surface area (Å²) in [7, 11) is 0. The van der Waals surface area contributed by atoms with Crippen LogP contribution < -0.4 is 0 Å². The van der Waals surface area contributed by atoms with Crippen molar-refractivity contribution < 1.29 is 28.6 Å². The topological polar surface area (TPSA) is 78.9 Å². The molecule has 0 aromatic rings. The van der Waals surface area contributed by atoms with Crippen molar-refractivity contribution in [1.82, 2.24) is 0 Å². The van der Waals surface area contributed by atoms with Gasteiger partial charge in [-0.3, -0.25) is 14.4 Å². The van der Waals surface area contributed by atoms with Crippen LogP contribution in [-0.4, -0.2) is 37.2 Å². The first kappa shape index (κ1) is 53.6. The van der Waals surface area contributed by atoms with Crippen molar-refractivity contribution in [1.29, 1.82) is 0 Å². The molecule has 0 aliphatic carbocycles. The number of carbonyl (C=O) groups is 3. The Morgan fingerprint density at radius 3 is 1.09 bits per heavy atom. The molecule has 0 spiro atoms. The number of hydrogen-bond acceptors (Lipinski definition) is 6. The summed E-state index contributed by atoms with van der Waals surface area (Å²) in [5, 5.41) is 0. The Morgan fingerprint density at radius 1 is 0.368 bits per heavy atom. The molecule has 0 amide bonds. The van der Waals surface area contributed by atoms with Gasteiger partial charge in [-0.15, -0.1) is 0 Å². The van der Waals surface area contributed by atoms with Gasteiger partial charge < -0.3 is 14.2 Å². The Morgan fingerprint density at radius 2 is 0.684 bits per heavy atom. The van der Waals surface area contributed by atoms with E-state index in [-0.39, 0.29) is 31.1 Å². The smallest absolute Gasteiger partial charge is 0.306 e. The average molecular weight is 793 g/mol. The molecule has 324 valence electrons. The summed E-state index contributed by atoms with van der Waals surface area (Å²) in [5.74, 6) is -0.964. The molecule has 0 heterocycles. The Labute approximate surface area is 350 Å². The Balaban J connectivity index is 4.48. The highest BCUT2D eigenvalue weighted by Crippen LogP contribution is 2.14. The van der Waals surface area contributed by atoms with Gasteiger partial charge in [0.1, 0.15) is 13.2 Å². The second kappa shape index (κ2) is 45.3. The van der Waals surface area contributed by atoms with E-state index in [4.69, 9.17) is 14.2 Å². The summed E-state index contributed by atoms with van der Waals surface area (Å²) in [4.78, 5) is 37.8. The molecule has 0 aromatic carbocycles. The molecule has 0 aromatic heterocycles. The Bertz CT molecular complexity index is 1140. The van der Waals surface area contributed by atoms with Gasteiger partial charge in [-0.25, -0.2) is 0 Å². The first-order valence-electron chi connectivity index (χ1n) is 23.2. The number of unbranched alkanes of at least 4 members (excludes halogenated alkanes) is 20. The molecule has 6 nitrogen and oxygen atoms in total. The van der Waals surface area contributed by atoms with Crippen LogP contribution in [0.15, 0.2) is 85.1 Å². The van der Waals surface area contributed by atoms with Crippen molar-refractivity contribution in [3.8, 4) is 0 Å². The largest absolute Gasteiger partial charge is 0.462 e. The van der Waals surface area contributed by atoms with Crippen LogP contribution in [0.4, 0.5) is 0 Å². The highest BCUT2D eigenvalue weighted by Gasteiger charge is 2.19. The monoisotopic (exact) mass is 793 g/mol. The number of rotatable bonds is 40. The second-order valence-corrected chi connectivity index (χ2v) is 15.1. The van der Waals surface area contributed by atoms with Crippen molar-refractivity contribution in [3.63, 3.8) is 0 Å². The van der Waals surface area contributed by atoms with Crippen molar-refractivity contribution in [3.05, 3.63) is 85.1 Å². The normalized spacial score (nSPS) is 12.8. The summed E-state index contributed by atoms with van der Waals surface area (Å²) in [5.41, 5.74) is 0. The lowest BCUT2D eigenvalue weighted by molar-refractivity contribution is -0.167. The van der Waals surface area contributed by atoms with Gasteiger partial charge in [-0.1, -0.05) is 209 Å². The molecule has 0 fully saturated rings. The molecular formula is C51H84O6. The van der Waals surface area contributed by atoms with E-state index in [1.807, 2.05) is 42.5 Å². The molecule has 0 N–H and O–H groups in total. The van der Waals surface area contributed by atoms with Crippen LogP contribution in [0.3, 0.4) is 0 Å². The summed E-state index contributed by atoms with van der Waals surface area (Å²) in [6.07, 6.45) is 57.1. The van der Waals surface area contributed by atoms with E-state index in [9.17, 15) is 14.4 Å². The fourth-order valence-corrected chi connectivity index (χ4v) is 6.10. The summed E-state index contributed by atoms with van der Waals surface area (Å²) in [6.45, 7) is 6.29. The quantitative estimate of drug-likeness (QED) is 0.0266. The first-order chi connectivity index (χ1) is 28.0. The van der Waals surface area contributed by atoms with Crippen LogP contribution in [0.5, 0.6) is 0 Å². The van der Waals surface area contributed by atoms with Gasteiger partial charge in [0, 0.05) is 19.3 Å². The SMILES string of the molecule is CC\C=C/C=C\C=C/C=C\CCCCCC(=O)OCC(COC(=O)CCCCCCCCCCCCCCC)OC(=O)CCCCCCC\C=C/C=C\C=C/CC. The number of esters is 3. The minimum atomic E-state index is -0.800. The van der Waals surface area contributed by atoms with Crippen LogP contribution in [0.25, 0.3) is 0 Å². The third-order valence-electron chi connectivity index (χ3n) is 9.55. The molecule has 0 aliphatic rings. The molecule has 6 heteroatoms. The van der Waals surface area contributed by atoms with E-state index in [2.05, 4.69) is 63.3 Å². The lowest BCUT2D eigenvalue weighted by atomic mass is 10.0. The fraction of sp³-hybridized carbons (Fsp3) is 0.667. The van der Waals surface area contributed by atoms with Crippen molar-refractivity contribution in [2.45, 2.75) is 207 Å². The van der Waals surface area contributed by atoms with Crippen molar-refractivity contribution in [2.24, 2.45) is 0 Å². The maximum absolute atomic E-state index is 12.7. The van der Waals surface area contributed by atoms with Gasteiger partial charge in [0.05, 0.1) is 0 Å². The first-order valence-corrected chi connectivity index (χ1v) is 23.2. The number of ether oxygens (including phenoxy) is 3. The summed E-state index contributed by atoms with van der Waals surface area (Å²) < 4.78 is 16.7. The average Bonchev–Trinajstić information content (AvgIpc) is 3.21. The van der Waals surface area contributed by atoms with E-state index in [1.165, 1.54) is 64.2 Å². The Hall–Kier alpha value is -3.41. The lowest BCUT2D eigenvalue weighted by Gasteiger charge is -2.18. The van der Waals surface area contributed by atoms with Gasteiger partial charge >= 0.3 is 17.9 Å². The zero-order valence-electron chi connectivity index (χ0n) is 36.8. The van der Waals surface area contributed by atoms with Crippen molar-refractivity contribution in [2.75, 3.05) is 13.2 Å². The van der Waals surface area contributed by atoms with Gasteiger partial charge in [0.15, 0.2) is 6.10 Å². The molecule has 0 saturated heterocycles. The third-order valence-corrected chi connectivity index (χ3v) is 9.55. The highest BCUT2D eigenvalue weighted by atomic mass is 16.6. The standard InChI is InChI=1S/C51H84O6/c1-4-7-10-13-16-19-22-25-28-31-34-37-40-43-49(52)55-46-48(57-51(54)45-42-39-36-33-30-27-24-21-18-15-12-9-6-3)47-56-50(53)44-41-38-35-32-29-26-23-20-17-14-11-8-5-2/h7,9-10,12-13,15-16,18-19,21-22,24-25,28,48H,4-6,8,11,14,17,20,23,26-27,29-47H2,1-3H3/b10-7-,12-9-,16-13-,18-15-,22-19-,24-21-,28-25-. The van der Waals surface area contributed by atoms with Gasteiger partial charge in [-0.2, -0.15) is 0 Å². The minimum absolute atomic E-state index is 0.0973. The zero-order chi connectivity index (χ0) is 41.5. The number of allylic oxidation sites excluding steroid dienone is 14. The Kier molecular flexibility index (Phi) is 42.6. The molecule has 0 saturated carbocycles. The highest BCUT2D eigenvalue weighted by molar-refractivity contribution is 5.71. The lowest BCUT2D eigenvalue weighted by Crippen LogP contribution is -2.30. The van der Waals surface area contributed by atoms with Crippen LogP contribution in [0, 0.1) is 0 Å². The molecule has 0 rings (SSSR count). The molecule has 0 aliphatic heterocycles. The predicted octanol–water partition coefficient (Wildman–Crippen LogP) is 14.9. The zero-order valence-corrected chi connectivity index (χ0v) is 36.8. The number of hydrogen-bond donors (Lipinski definition) is 0. The van der Waals surface area contributed by atoms with Gasteiger partial charge in [-0.05, 0) is 57.8 Å². The van der Waals surface area contributed by atoms with Crippen LogP contribution >= 0.6 is 0 Å². The second-order valence-electron chi connectivity index (χ2n) is 15.1. The predicted molar refractivity (Wildman–Crippen MR) is 242 cm³/mol. The third kappa shape index (κ3) is 43.6. The summed E-state index contributed by atoms with van der Waals surface area (Å²) in [6, 6.07) is 0. The molecule has 57 heavy (non-hydrogen) atoms. The molecule has 1 unspecified atom stereocenters. The van der Waals surface area contributed by atoms with E-state index >= 15 is 0 Å². The van der Waals surface area contributed by atoms with Crippen LogP contribution in [0.1, 0.15) is 201 Å². The van der Waals surface area contributed by atoms with Crippen LogP contribution in [-0.2, 0) is 28.6 Å². The molecule has 0 bridgehead atoms. The number of carbonyl (C=O) groups excluding carboxylic acids is 3. The van der Waals surface area contributed by atoms with E-state index < -0.39 is 6.10 Å². The maximum Gasteiger partial charge on any atom is 0.306 e. The van der Waals surface area contributed by atoms with E-state index in [0.29, 0.717) is 19.3 Å². The molecular weight excluding hydrogens is 709 g/mol. The van der Waals surface area contributed by atoms with Crippen LogP contribution in [0.2, 0.25) is 0 Å². The minimum Gasteiger partial charge on any atom is -0.462 e. The van der Waals surface area contributed by atoms with Gasteiger partial charge in [0.25, 0.3) is 0 Å². The fourth-order valence-electron chi connectivity index (χ4n) is 6.10. The maximum atomic E-state index is 12.7. The van der Waals surface area contributed by atoms with Crippen molar-refractivity contribution >= 4 is 17.9 Å². The molecule has 0 radical (unpaired) electrons. The van der Waals surface area contributed by atoms with E-state index in [0.717, 1.165) is 96.3 Å². The summed E-state index contributed by atoms with van der Waals surface area (Å²) >= 11 is 0. The van der Waals surface area contributed by atoms with Gasteiger partial charge in [0.2, 0.25) is 0 Å². The van der Waals surface area contributed by atoms with E-state index in [1.54, 1.807) is 0 Å².